The Balaban J connectivity index is 0.461. The number of rotatable bonds is 31. The number of ketones is 1. The molecule has 0 unspecified atom stereocenters. The molecular weight excluding hydrogens is 1250 g/mol. The maximum Gasteiger partial charge on any atom is 0.314 e. The molecule has 4 bridgehead atoms. The third-order valence-corrected chi connectivity index (χ3v) is 24.2. The van der Waals surface area contributed by atoms with Gasteiger partial charge in [-0.3, -0.25) is 19.5 Å². The van der Waals surface area contributed by atoms with Crippen molar-refractivity contribution in [2.24, 2.45) is 11.8 Å². The number of piperazine rings is 1. The number of hydrogen-bond donors (Lipinski definition) is 4. The van der Waals surface area contributed by atoms with Gasteiger partial charge in [-0.1, -0.05) is 29.6 Å². The van der Waals surface area contributed by atoms with Crippen LogP contribution in [0.3, 0.4) is 0 Å². The first-order chi connectivity index (χ1) is 44.6. The molecule has 4 aromatic rings. The highest BCUT2D eigenvalue weighted by Crippen LogP contribution is 2.49. The number of carbonyl (C=O) groups is 2. The topological polar surface area (TPSA) is 229 Å². The summed E-state index contributed by atoms with van der Waals surface area (Å²) in [5.41, 5.74) is 4.96. The number of urea groups is 1. The summed E-state index contributed by atoms with van der Waals surface area (Å²) in [6, 6.07) is 24.0. The first-order valence-electron chi connectivity index (χ1n) is 33.2. The number of hydrogen-bond acceptors (Lipinski definition) is 16. The number of amides is 2. The van der Waals surface area contributed by atoms with Crippen LogP contribution in [-0.2, 0) is 47.0 Å². The molecule has 24 heteroatoms. The van der Waals surface area contributed by atoms with E-state index in [1.54, 1.807) is 60.7 Å². The van der Waals surface area contributed by atoms with E-state index in [0.29, 0.717) is 155 Å². The highest BCUT2D eigenvalue weighted by molar-refractivity contribution is 7.91. The summed E-state index contributed by atoms with van der Waals surface area (Å²) in [7, 11) is -7.33. The van der Waals surface area contributed by atoms with E-state index in [2.05, 4.69) is 51.2 Å². The summed E-state index contributed by atoms with van der Waals surface area (Å²) < 4.78 is 82.3. The Morgan fingerprint density at radius 2 is 1.34 bits per heavy atom. The molecule has 1 saturated carbocycles. The van der Waals surface area contributed by atoms with Crippen molar-refractivity contribution in [3.63, 3.8) is 0 Å². The zero-order valence-corrected chi connectivity index (χ0v) is 55.4. The molecule has 12 rings (SSSR count). The molecule has 5 saturated heterocycles. The molecule has 6 fully saturated rings. The smallest absolute Gasteiger partial charge is 0.314 e. The van der Waals surface area contributed by atoms with Crippen LogP contribution in [0.2, 0.25) is 10.0 Å². The van der Waals surface area contributed by atoms with Gasteiger partial charge < -0.3 is 39.8 Å². The summed E-state index contributed by atoms with van der Waals surface area (Å²) in [5, 5.41) is 20.2. The molecule has 92 heavy (non-hydrogen) atoms. The zero-order chi connectivity index (χ0) is 63.9. The quantitative estimate of drug-likeness (QED) is 0.0274. The van der Waals surface area contributed by atoms with Crippen molar-refractivity contribution in [2.45, 2.75) is 148 Å². The monoisotopic (exact) mass is 1340 g/mol. The van der Waals surface area contributed by atoms with Gasteiger partial charge >= 0.3 is 6.03 Å². The minimum atomic E-state index is -3.79. The number of piperidine rings is 1. The Kier molecular flexibility index (Phi) is 21.8. The van der Waals surface area contributed by atoms with Crippen molar-refractivity contribution in [3.05, 3.63) is 122 Å². The number of unbranched alkanes of at least 4 members (excludes halogenated alkanes) is 2. The van der Waals surface area contributed by atoms with Gasteiger partial charge in [0.1, 0.15) is 29.5 Å². The van der Waals surface area contributed by atoms with Crippen LogP contribution < -0.4 is 30.1 Å². The molecule has 8 aliphatic rings. The molecule has 2 amide bonds. The lowest BCUT2D eigenvalue weighted by Crippen LogP contribution is -2.50. The number of ether oxygens (including phenoxy) is 4. The van der Waals surface area contributed by atoms with Crippen molar-refractivity contribution in [3.8, 4) is 17.6 Å². The SMILES string of the molecule is [C-]#[N+]c1cc(Cl)cc2c1C[C@H](N1C[C@H]3CC[C@@H]1C3)[C@H]2Oc1ccc(S(=O)(=O)C[C@H]2CCN(CCOCCNC(=O)NCCCCCC(=O)CCCOCCN3CC[C@H](NS(=O)(=O)c4ccc(O[C@H]5c6cc(Cl)cc(C#N)c6C[C@@H]5N5C[C@@H]6C[C@H]5CN6)cc4)C3)C2)cc1. The first-order valence-corrected chi connectivity index (χ1v) is 37.0. The molecule has 494 valence electrons. The van der Waals surface area contributed by atoms with Gasteiger partial charge in [0, 0.05) is 113 Å². The number of halogens is 2. The molecule has 0 spiro atoms. The Morgan fingerprint density at radius 3 is 2.01 bits per heavy atom. The van der Waals surface area contributed by atoms with Gasteiger partial charge in [-0.25, -0.2) is 31.2 Å². The van der Waals surface area contributed by atoms with Crippen LogP contribution in [0.1, 0.15) is 117 Å². The highest BCUT2D eigenvalue weighted by Gasteiger charge is 2.49. The lowest BCUT2D eigenvalue weighted by molar-refractivity contribution is -0.119. The molecule has 4 aromatic carbocycles. The van der Waals surface area contributed by atoms with E-state index in [9.17, 15) is 31.7 Å². The predicted molar refractivity (Wildman–Crippen MR) is 351 cm³/mol. The van der Waals surface area contributed by atoms with Crippen LogP contribution in [0.15, 0.2) is 82.6 Å². The highest BCUT2D eigenvalue weighted by atomic mass is 35.5. The van der Waals surface area contributed by atoms with Gasteiger partial charge in [-0.05, 0) is 191 Å². The summed E-state index contributed by atoms with van der Waals surface area (Å²) in [5.74, 6) is 2.12. The van der Waals surface area contributed by atoms with Crippen molar-refractivity contribution in [1.29, 1.82) is 5.26 Å². The first kappa shape index (κ1) is 66.6. The number of fused-ring (bicyclic) bond motifs is 6. The average Bonchev–Trinajstić information content (AvgIpc) is 1.61. The van der Waals surface area contributed by atoms with Gasteiger partial charge in [-0.15, -0.1) is 0 Å². The Bertz CT molecular complexity index is 3360. The number of likely N-dealkylation sites (tertiary alicyclic amines) is 4. The second-order valence-corrected chi connectivity index (χ2v) is 31.1. The van der Waals surface area contributed by atoms with Gasteiger partial charge in [0.25, 0.3) is 0 Å². The van der Waals surface area contributed by atoms with E-state index in [1.165, 1.54) is 19.3 Å². The number of benzene rings is 4. The van der Waals surface area contributed by atoms with Crippen LogP contribution in [0.25, 0.3) is 4.85 Å². The van der Waals surface area contributed by atoms with E-state index in [-0.39, 0.29) is 63.6 Å². The molecule has 4 N–H and O–H groups in total. The van der Waals surface area contributed by atoms with E-state index in [4.69, 9.17) is 48.7 Å². The number of nitriles is 1. The Labute approximate surface area is 552 Å². The largest absolute Gasteiger partial charge is 0.484 e. The number of sulfonamides is 1. The van der Waals surface area contributed by atoms with Crippen LogP contribution in [0.5, 0.6) is 11.5 Å². The maximum atomic E-state index is 13.6. The molecule has 0 radical (unpaired) electrons. The lowest BCUT2D eigenvalue weighted by Gasteiger charge is -2.36. The summed E-state index contributed by atoms with van der Waals surface area (Å²) in [6.07, 6.45) is 10.9. The third kappa shape index (κ3) is 16.1. The average molecular weight is 1340 g/mol. The van der Waals surface area contributed by atoms with Gasteiger partial charge in [0.2, 0.25) is 10.0 Å². The lowest BCUT2D eigenvalue weighted by atomic mass is 10.0. The van der Waals surface area contributed by atoms with Crippen molar-refractivity contribution in [2.75, 3.05) is 104 Å². The van der Waals surface area contributed by atoms with E-state index < -0.39 is 19.9 Å². The Hall–Kier alpha value is -5.44. The van der Waals surface area contributed by atoms with Gasteiger partial charge in [0.15, 0.2) is 15.5 Å². The number of carbonyl (C=O) groups excluding carboxylic acids is 2. The zero-order valence-electron chi connectivity index (χ0n) is 52.3. The Morgan fingerprint density at radius 1 is 0.685 bits per heavy atom. The molecule has 5 heterocycles. The van der Waals surface area contributed by atoms with E-state index in [0.717, 1.165) is 93.5 Å². The minimum Gasteiger partial charge on any atom is -0.484 e. The number of nitrogens with zero attached hydrogens (tertiary/aromatic N) is 6. The minimum absolute atomic E-state index is 0.00670. The molecular formula is C68H86Cl2N10O10S2. The fourth-order valence-electron chi connectivity index (χ4n) is 15.7. The van der Waals surface area contributed by atoms with E-state index >= 15 is 0 Å². The molecule has 20 nitrogen and oxygen atoms in total. The normalized spacial score (nSPS) is 26.1. The standard InChI is InChI=1S/C68H86Cl2N10O10S2/c1-72-63-34-49(70)33-62-60(63)37-65(79-41-45-8-9-52(79)30-45)67(62)90-55-10-14-57(15-11-55)91(83,84)44-46-18-22-77(40-46)24-29-88-27-21-74-68(82)73-20-4-2-3-6-54(81)7-5-26-87-28-25-78-23-19-50(42-78)76-92(85,86)58-16-12-56(13-17-58)89-66-61-32-48(69)31-47(38-71)59(61)36-64(66)80-43-51-35-53(80)39-75-51/h10-17,31-34,45-46,50-53,64-67,75-76H,2-9,18-30,35-37,39-44H2,(H2,73,74,82)/t45-,46-,50-,51-,52+,53-,64-,65-,66-,67-/m0/s1. The van der Waals surface area contributed by atoms with Crippen LogP contribution in [-0.4, -0.2) is 189 Å². The molecule has 3 aliphatic carbocycles. The fraction of sp³-hybridized carbons (Fsp3) is 0.588. The van der Waals surface area contributed by atoms with Crippen LogP contribution in [0.4, 0.5) is 10.5 Å². The fourth-order valence-corrected chi connectivity index (χ4v) is 19.1. The number of sulfone groups is 1. The molecule has 0 aromatic heterocycles. The van der Waals surface area contributed by atoms with Crippen molar-refractivity contribution >= 4 is 60.6 Å². The second kappa shape index (κ2) is 30.1. The number of Topliss-reactive ketones (excluding diaryl/α,β-unsaturated/α-hetero) is 1. The van der Waals surface area contributed by atoms with Crippen LogP contribution >= 0.6 is 23.2 Å². The molecule has 10 atom stereocenters. The summed E-state index contributed by atoms with van der Waals surface area (Å²) in [4.78, 5) is 38.7. The maximum absolute atomic E-state index is 13.6. The molecule has 5 aliphatic heterocycles. The van der Waals surface area contributed by atoms with Gasteiger partial charge in [-0.2, -0.15) is 5.26 Å². The number of nitrogens with one attached hydrogen (secondary N) is 4. The predicted octanol–water partition coefficient (Wildman–Crippen LogP) is 8.43. The summed E-state index contributed by atoms with van der Waals surface area (Å²) >= 11 is 13.0. The summed E-state index contributed by atoms with van der Waals surface area (Å²) in [6.45, 7) is 17.5. The van der Waals surface area contributed by atoms with Crippen molar-refractivity contribution in [1.82, 2.24) is 40.3 Å². The van der Waals surface area contributed by atoms with Crippen molar-refractivity contribution < 1.29 is 45.4 Å². The van der Waals surface area contributed by atoms with Gasteiger partial charge in [0.05, 0.1) is 65.7 Å². The van der Waals surface area contributed by atoms with Crippen LogP contribution in [0, 0.1) is 29.7 Å². The van der Waals surface area contributed by atoms with E-state index in [1.807, 2.05) is 12.1 Å². The third-order valence-electron chi connectivity index (χ3n) is 20.3. The second-order valence-electron chi connectivity index (χ2n) is 26.5.